The summed E-state index contributed by atoms with van der Waals surface area (Å²) in [6.45, 7) is 3.03. The number of aliphatic hydroxyl groups is 1. The van der Waals surface area contributed by atoms with Gasteiger partial charge in [-0.05, 0) is 37.5 Å². The summed E-state index contributed by atoms with van der Waals surface area (Å²) in [5.74, 6) is 1.20. The summed E-state index contributed by atoms with van der Waals surface area (Å²) in [5.41, 5.74) is 0. The van der Waals surface area contributed by atoms with E-state index in [1.807, 2.05) is 6.92 Å². The molecular weight excluding hydrogens is 202 g/mol. The molecule has 0 bridgehead atoms. The van der Waals surface area contributed by atoms with Crippen LogP contribution in [0.1, 0.15) is 51.9 Å². The number of hydrogen-bond acceptors (Lipinski definition) is 2. The van der Waals surface area contributed by atoms with Crippen molar-refractivity contribution < 1.29 is 9.90 Å². The maximum Gasteiger partial charge on any atom is 0.220 e. The van der Waals surface area contributed by atoms with Crippen LogP contribution in [0.5, 0.6) is 0 Å². The van der Waals surface area contributed by atoms with Gasteiger partial charge in [-0.2, -0.15) is 0 Å². The fourth-order valence-corrected chi connectivity index (χ4v) is 2.32. The minimum absolute atomic E-state index is 0.212. The Hall–Kier alpha value is -0.570. The lowest BCUT2D eigenvalue weighted by Gasteiger charge is -2.10. The van der Waals surface area contributed by atoms with E-state index in [4.69, 9.17) is 5.11 Å². The smallest absolute Gasteiger partial charge is 0.220 e. The van der Waals surface area contributed by atoms with Crippen molar-refractivity contribution in [2.75, 3.05) is 13.2 Å². The molecule has 1 amide bonds. The van der Waals surface area contributed by atoms with E-state index in [9.17, 15) is 4.79 Å². The standard InChI is InChI=1S/C13H25NO2/c1-11(10-15)5-4-8-14-13(16)9-12-6-2-3-7-12/h11-12,15H,2-10H2,1H3,(H,14,16). The Morgan fingerprint density at radius 1 is 1.44 bits per heavy atom. The van der Waals surface area contributed by atoms with Gasteiger partial charge in [-0.15, -0.1) is 0 Å². The third kappa shape index (κ3) is 5.50. The second-order valence-corrected chi connectivity index (χ2v) is 5.13. The normalized spacial score (nSPS) is 18.6. The predicted molar refractivity (Wildman–Crippen MR) is 65.1 cm³/mol. The van der Waals surface area contributed by atoms with Gasteiger partial charge in [-0.25, -0.2) is 0 Å². The predicted octanol–water partition coefficient (Wildman–Crippen LogP) is 2.09. The van der Waals surface area contributed by atoms with Gasteiger partial charge in [-0.1, -0.05) is 19.8 Å². The zero-order valence-corrected chi connectivity index (χ0v) is 10.4. The minimum atomic E-state index is 0.212. The average molecular weight is 227 g/mol. The Kier molecular flexibility index (Phi) is 6.46. The summed E-state index contributed by atoms with van der Waals surface area (Å²) in [4.78, 5) is 11.6. The van der Waals surface area contributed by atoms with Gasteiger partial charge in [0, 0.05) is 19.6 Å². The fourth-order valence-electron chi connectivity index (χ4n) is 2.32. The molecule has 0 radical (unpaired) electrons. The molecule has 2 N–H and O–H groups in total. The van der Waals surface area contributed by atoms with Gasteiger partial charge in [0.25, 0.3) is 0 Å². The highest BCUT2D eigenvalue weighted by atomic mass is 16.3. The maximum atomic E-state index is 11.6. The van der Waals surface area contributed by atoms with Crippen molar-refractivity contribution in [1.29, 1.82) is 0 Å². The van der Waals surface area contributed by atoms with E-state index in [0.717, 1.165) is 25.8 Å². The van der Waals surface area contributed by atoms with Crippen LogP contribution < -0.4 is 5.32 Å². The van der Waals surface area contributed by atoms with Crippen LogP contribution in [-0.4, -0.2) is 24.2 Å². The number of carbonyl (C=O) groups is 1. The number of amides is 1. The van der Waals surface area contributed by atoms with Gasteiger partial charge in [-0.3, -0.25) is 4.79 Å². The highest BCUT2D eigenvalue weighted by Gasteiger charge is 2.17. The molecule has 3 nitrogen and oxygen atoms in total. The average Bonchev–Trinajstić information content (AvgIpc) is 2.76. The van der Waals surface area contributed by atoms with E-state index in [1.54, 1.807) is 0 Å². The van der Waals surface area contributed by atoms with Crippen LogP contribution in [0.3, 0.4) is 0 Å². The first-order valence-corrected chi connectivity index (χ1v) is 6.60. The largest absolute Gasteiger partial charge is 0.396 e. The number of nitrogens with one attached hydrogen (secondary N) is 1. The quantitative estimate of drug-likeness (QED) is 0.654. The minimum Gasteiger partial charge on any atom is -0.396 e. The first-order valence-electron chi connectivity index (χ1n) is 6.60. The molecule has 0 aromatic carbocycles. The van der Waals surface area contributed by atoms with Crippen molar-refractivity contribution in [3.8, 4) is 0 Å². The van der Waals surface area contributed by atoms with Crippen molar-refractivity contribution in [2.24, 2.45) is 11.8 Å². The van der Waals surface area contributed by atoms with Gasteiger partial charge in [0.05, 0.1) is 0 Å². The topological polar surface area (TPSA) is 49.3 Å². The summed E-state index contributed by atoms with van der Waals surface area (Å²) < 4.78 is 0. The van der Waals surface area contributed by atoms with E-state index >= 15 is 0 Å². The second-order valence-electron chi connectivity index (χ2n) is 5.13. The third-order valence-corrected chi connectivity index (χ3v) is 3.46. The molecule has 1 saturated carbocycles. The van der Waals surface area contributed by atoms with Gasteiger partial charge >= 0.3 is 0 Å². The summed E-state index contributed by atoms with van der Waals surface area (Å²) in [5, 5.41) is 11.8. The van der Waals surface area contributed by atoms with Crippen LogP contribution in [0.15, 0.2) is 0 Å². The second kappa shape index (κ2) is 7.66. The molecule has 0 aliphatic heterocycles. The molecule has 3 heteroatoms. The van der Waals surface area contributed by atoms with Crippen LogP contribution in [-0.2, 0) is 4.79 Å². The molecule has 1 rings (SSSR count). The molecule has 0 saturated heterocycles. The number of hydrogen-bond donors (Lipinski definition) is 2. The zero-order chi connectivity index (χ0) is 11.8. The van der Waals surface area contributed by atoms with Crippen LogP contribution in [0, 0.1) is 11.8 Å². The van der Waals surface area contributed by atoms with E-state index in [-0.39, 0.29) is 12.5 Å². The lowest BCUT2D eigenvalue weighted by molar-refractivity contribution is -0.122. The Morgan fingerprint density at radius 3 is 2.75 bits per heavy atom. The van der Waals surface area contributed by atoms with Gasteiger partial charge in [0.15, 0.2) is 0 Å². The maximum absolute atomic E-state index is 11.6. The molecule has 1 aliphatic rings. The molecule has 0 aromatic heterocycles. The van der Waals surface area contributed by atoms with Crippen LogP contribution >= 0.6 is 0 Å². The van der Waals surface area contributed by atoms with E-state index in [2.05, 4.69) is 5.32 Å². The highest BCUT2D eigenvalue weighted by molar-refractivity contribution is 5.76. The molecule has 0 heterocycles. The van der Waals surface area contributed by atoms with E-state index in [1.165, 1.54) is 25.7 Å². The van der Waals surface area contributed by atoms with Gasteiger partial charge in [0.1, 0.15) is 0 Å². The lowest BCUT2D eigenvalue weighted by atomic mass is 10.0. The molecule has 94 valence electrons. The Labute approximate surface area is 98.6 Å². The van der Waals surface area contributed by atoms with Crippen molar-refractivity contribution in [3.05, 3.63) is 0 Å². The molecule has 1 aliphatic carbocycles. The number of rotatable bonds is 7. The lowest BCUT2D eigenvalue weighted by Crippen LogP contribution is -2.26. The molecule has 16 heavy (non-hydrogen) atoms. The van der Waals surface area contributed by atoms with Crippen molar-refractivity contribution in [2.45, 2.75) is 51.9 Å². The molecule has 1 atom stereocenters. The molecular formula is C13H25NO2. The first kappa shape index (κ1) is 13.5. The van der Waals surface area contributed by atoms with Crippen molar-refractivity contribution >= 4 is 5.91 Å². The van der Waals surface area contributed by atoms with E-state index in [0.29, 0.717) is 11.8 Å². The third-order valence-electron chi connectivity index (χ3n) is 3.46. The van der Waals surface area contributed by atoms with Crippen LogP contribution in [0.2, 0.25) is 0 Å². The number of carbonyl (C=O) groups excluding carboxylic acids is 1. The summed E-state index contributed by atoms with van der Waals surface area (Å²) in [6, 6.07) is 0. The fraction of sp³-hybridized carbons (Fsp3) is 0.923. The summed E-state index contributed by atoms with van der Waals surface area (Å²) >= 11 is 0. The Bertz CT molecular complexity index is 200. The van der Waals surface area contributed by atoms with Crippen LogP contribution in [0.25, 0.3) is 0 Å². The first-order chi connectivity index (χ1) is 7.72. The van der Waals surface area contributed by atoms with Gasteiger partial charge in [0.2, 0.25) is 5.91 Å². The van der Waals surface area contributed by atoms with E-state index < -0.39 is 0 Å². The highest BCUT2D eigenvalue weighted by Crippen LogP contribution is 2.27. The molecule has 1 fully saturated rings. The summed E-state index contributed by atoms with van der Waals surface area (Å²) in [6.07, 6.45) is 7.73. The van der Waals surface area contributed by atoms with Gasteiger partial charge < -0.3 is 10.4 Å². The Balaban J connectivity index is 1.97. The van der Waals surface area contributed by atoms with Crippen molar-refractivity contribution in [3.63, 3.8) is 0 Å². The molecule has 0 aromatic rings. The SMILES string of the molecule is CC(CO)CCCNC(=O)CC1CCCC1. The molecule has 0 spiro atoms. The zero-order valence-electron chi connectivity index (χ0n) is 10.4. The monoisotopic (exact) mass is 227 g/mol. The molecule has 1 unspecified atom stereocenters. The van der Waals surface area contributed by atoms with Crippen molar-refractivity contribution in [1.82, 2.24) is 5.32 Å². The number of aliphatic hydroxyl groups excluding tert-OH is 1. The Morgan fingerprint density at radius 2 is 2.12 bits per heavy atom. The van der Waals surface area contributed by atoms with Crippen LogP contribution in [0.4, 0.5) is 0 Å². The summed E-state index contributed by atoms with van der Waals surface area (Å²) in [7, 11) is 0.